The van der Waals surface area contributed by atoms with Crippen molar-refractivity contribution in [3.8, 4) is 0 Å². The molecule has 1 amide bonds. The van der Waals surface area contributed by atoms with Gasteiger partial charge in [-0.25, -0.2) is 0 Å². The molecule has 17 heavy (non-hydrogen) atoms. The van der Waals surface area contributed by atoms with Gasteiger partial charge in [0.25, 0.3) is 0 Å². The lowest BCUT2D eigenvalue weighted by Crippen LogP contribution is -2.23. The van der Waals surface area contributed by atoms with Gasteiger partial charge in [-0.05, 0) is 18.3 Å². The van der Waals surface area contributed by atoms with Crippen molar-refractivity contribution in [1.82, 2.24) is 5.32 Å². The molecule has 1 fully saturated rings. The van der Waals surface area contributed by atoms with Crippen LogP contribution in [0.5, 0.6) is 0 Å². The molecule has 6 heteroatoms. The van der Waals surface area contributed by atoms with Gasteiger partial charge in [-0.3, -0.25) is 13.8 Å². The van der Waals surface area contributed by atoms with E-state index >= 15 is 0 Å². The van der Waals surface area contributed by atoms with Crippen LogP contribution in [-0.4, -0.2) is 41.7 Å². The van der Waals surface area contributed by atoms with Crippen LogP contribution in [0.2, 0.25) is 0 Å². The van der Waals surface area contributed by atoms with Crippen LogP contribution in [0.4, 0.5) is 0 Å². The number of esters is 1. The predicted molar refractivity (Wildman–Crippen MR) is 64.9 cm³/mol. The fourth-order valence-electron chi connectivity index (χ4n) is 1.67. The Morgan fingerprint density at radius 3 is 2.53 bits per heavy atom. The highest BCUT2D eigenvalue weighted by molar-refractivity contribution is 7.85. The first kappa shape index (κ1) is 14.2. The molecule has 0 bridgehead atoms. The van der Waals surface area contributed by atoms with E-state index in [2.05, 4.69) is 10.1 Å². The Bertz CT molecular complexity index is 325. The van der Waals surface area contributed by atoms with Gasteiger partial charge in [0.15, 0.2) is 0 Å². The minimum atomic E-state index is -1.04. The molecule has 1 N–H and O–H groups in total. The molecule has 1 aliphatic carbocycles. The molecule has 0 aliphatic heterocycles. The molecule has 1 rings (SSSR count). The summed E-state index contributed by atoms with van der Waals surface area (Å²) < 4.78 is 16.4. The number of carbonyl (C=O) groups excluding carboxylic acids is 2. The van der Waals surface area contributed by atoms with Gasteiger partial charge in [-0.2, -0.15) is 0 Å². The zero-order valence-corrected chi connectivity index (χ0v) is 11.1. The predicted octanol–water partition coefficient (Wildman–Crippen LogP) is 0.214. The maximum Gasteiger partial charge on any atom is 0.306 e. The summed E-state index contributed by atoms with van der Waals surface area (Å²) in [5, 5.41) is 2.49. The lowest BCUT2D eigenvalue weighted by molar-refractivity contribution is -0.141. The lowest BCUT2D eigenvalue weighted by Gasteiger charge is -2.12. The van der Waals surface area contributed by atoms with Crippen LogP contribution in [0.25, 0.3) is 0 Å². The summed E-state index contributed by atoms with van der Waals surface area (Å²) >= 11 is 0. The van der Waals surface area contributed by atoms with E-state index in [-0.39, 0.29) is 23.7 Å². The normalized spacial score (nSPS) is 18.2. The van der Waals surface area contributed by atoms with Crippen LogP contribution in [0.3, 0.4) is 0 Å². The number of methoxy groups -OCH3 is 1. The van der Waals surface area contributed by atoms with E-state index < -0.39 is 10.8 Å². The topological polar surface area (TPSA) is 72.5 Å². The van der Waals surface area contributed by atoms with Gasteiger partial charge in [-0.1, -0.05) is 0 Å². The molecule has 0 aromatic rings. The van der Waals surface area contributed by atoms with Gasteiger partial charge in [0.1, 0.15) is 0 Å². The SMILES string of the molecule is CNC(=O)CCS(=O)CC1(CC(=O)OC)CC1. The van der Waals surface area contributed by atoms with Crippen LogP contribution >= 0.6 is 0 Å². The van der Waals surface area contributed by atoms with Crippen LogP contribution < -0.4 is 5.32 Å². The van der Waals surface area contributed by atoms with Crippen molar-refractivity contribution < 1.29 is 18.5 Å². The Morgan fingerprint density at radius 2 is 2.06 bits per heavy atom. The second-order valence-corrected chi connectivity index (χ2v) is 6.04. The summed E-state index contributed by atoms with van der Waals surface area (Å²) in [5.74, 6) is 0.517. The zero-order valence-electron chi connectivity index (χ0n) is 10.3. The lowest BCUT2D eigenvalue weighted by atomic mass is 10.1. The van der Waals surface area contributed by atoms with Crippen LogP contribution in [0.1, 0.15) is 25.7 Å². The summed E-state index contributed by atoms with van der Waals surface area (Å²) in [6.45, 7) is 0. The minimum Gasteiger partial charge on any atom is -0.469 e. The smallest absolute Gasteiger partial charge is 0.306 e. The fraction of sp³-hybridized carbons (Fsp3) is 0.818. The van der Waals surface area contributed by atoms with E-state index in [0.29, 0.717) is 17.9 Å². The molecule has 0 aromatic heterocycles. The highest BCUT2D eigenvalue weighted by Crippen LogP contribution is 2.49. The number of amides is 1. The Labute approximate surface area is 104 Å². The van der Waals surface area contributed by atoms with Crippen molar-refractivity contribution in [3.63, 3.8) is 0 Å². The van der Waals surface area contributed by atoms with Crippen LogP contribution in [-0.2, 0) is 25.1 Å². The van der Waals surface area contributed by atoms with Crippen molar-refractivity contribution >= 4 is 22.7 Å². The average molecular weight is 261 g/mol. The van der Waals surface area contributed by atoms with Crippen molar-refractivity contribution in [2.75, 3.05) is 25.7 Å². The first-order valence-electron chi connectivity index (χ1n) is 5.64. The third-order valence-corrected chi connectivity index (χ3v) is 4.60. The summed E-state index contributed by atoms with van der Waals surface area (Å²) in [4.78, 5) is 22.2. The Hall–Kier alpha value is -0.910. The number of hydrogen-bond donors (Lipinski definition) is 1. The summed E-state index contributed by atoms with van der Waals surface area (Å²) in [6, 6.07) is 0. The van der Waals surface area contributed by atoms with Crippen molar-refractivity contribution in [3.05, 3.63) is 0 Å². The Kier molecular flexibility index (Phi) is 5.11. The number of hydrogen-bond acceptors (Lipinski definition) is 4. The average Bonchev–Trinajstić information content (AvgIpc) is 3.05. The monoisotopic (exact) mass is 261 g/mol. The third kappa shape index (κ3) is 4.85. The first-order chi connectivity index (χ1) is 8.01. The molecule has 0 heterocycles. The molecule has 1 saturated carbocycles. The molecular weight excluding hydrogens is 242 g/mol. The maximum atomic E-state index is 11.8. The molecule has 1 aliphatic rings. The van der Waals surface area contributed by atoms with Gasteiger partial charge < -0.3 is 10.1 Å². The Balaban J connectivity index is 2.31. The van der Waals surface area contributed by atoms with Gasteiger partial charge in [-0.15, -0.1) is 0 Å². The molecule has 0 spiro atoms. The van der Waals surface area contributed by atoms with E-state index in [4.69, 9.17) is 0 Å². The van der Waals surface area contributed by atoms with E-state index in [1.165, 1.54) is 7.11 Å². The summed E-state index contributed by atoms with van der Waals surface area (Å²) in [7, 11) is 1.89. The Morgan fingerprint density at radius 1 is 1.41 bits per heavy atom. The molecule has 0 saturated heterocycles. The van der Waals surface area contributed by atoms with Gasteiger partial charge in [0.2, 0.25) is 5.91 Å². The third-order valence-electron chi connectivity index (χ3n) is 3.01. The molecule has 5 nitrogen and oxygen atoms in total. The maximum absolute atomic E-state index is 11.8. The highest BCUT2D eigenvalue weighted by atomic mass is 32.2. The second-order valence-electron chi connectivity index (χ2n) is 4.46. The van der Waals surface area contributed by atoms with E-state index in [0.717, 1.165) is 12.8 Å². The number of nitrogens with one attached hydrogen (secondary N) is 1. The number of ether oxygens (including phenoxy) is 1. The van der Waals surface area contributed by atoms with Gasteiger partial charge >= 0.3 is 5.97 Å². The first-order valence-corrected chi connectivity index (χ1v) is 7.12. The molecule has 0 aromatic carbocycles. The highest BCUT2D eigenvalue weighted by Gasteiger charge is 2.45. The van der Waals surface area contributed by atoms with Crippen molar-refractivity contribution in [2.45, 2.75) is 25.7 Å². The number of carbonyl (C=O) groups is 2. The standard InChI is InChI=1S/C11H19NO4S/c1-12-9(13)3-6-17(15)8-11(4-5-11)7-10(14)16-2/h3-8H2,1-2H3,(H,12,13). The van der Waals surface area contributed by atoms with Gasteiger partial charge in [0.05, 0.1) is 13.5 Å². The molecule has 1 unspecified atom stereocenters. The second kappa shape index (κ2) is 6.14. The molecule has 98 valence electrons. The molecular formula is C11H19NO4S. The number of rotatable bonds is 7. The van der Waals surface area contributed by atoms with Crippen molar-refractivity contribution in [1.29, 1.82) is 0 Å². The van der Waals surface area contributed by atoms with Crippen LogP contribution in [0.15, 0.2) is 0 Å². The minimum absolute atomic E-state index is 0.101. The van der Waals surface area contributed by atoms with E-state index in [1.54, 1.807) is 7.05 Å². The molecule has 1 atom stereocenters. The fourth-order valence-corrected chi connectivity index (χ4v) is 3.30. The largest absolute Gasteiger partial charge is 0.469 e. The summed E-state index contributed by atoms with van der Waals surface area (Å²) in [6.07, 6.45) is 2.47. The van der Waals surface area contributed by atoms with Crippen molar-refractivity contribution in [2.24, 2.45) is 5.41 Å². The summed E-state index contributed by atoms with van der Waals surface area (Å²) in [5.41, 5.74) is -0.124. The quantitative estimate of drug-likeness (QED) is 0.665. The van der Waals surface area contributed by atoms with Crippen LogP contribution in [0, 0.1) is 5.41 Å². The van der Waals surface area contributed by atoms with E-state index in [1.807, 2.05) is 0 Å². The van der Waals surface area contributed by atoms with E-state index in [9.17, 15) is 13.8 Å². The van der Waals surface area contributed by atoms with Gasteiger partial charge in [0, 0.05) is 35.8 Å². The zero-order chi connectivity index (χ0) is 12.9. The molecule has 0 radical (unpaired) electrons.